The molecule has 0 unspecified atom stereocenters. The summed E-state index contributed by atoms with van der Waals surface area (Å²) in [5, 5.41) is 15.8. The number of rotatable bonds is 6. The number of aryl methyl sites for hydroxylation is 1. The van der Waals surface area contributed by atoms with E-state index in [2.05, 4.69) is 22.6 Å². The summed E-state index contributed by atoms with van der Waals surface area (Å²) in [4.78, 5) is 4.49. The van der Waals surface area contributed by atoms with Crippen LogP contribution in [-0.4, -0.2) is 23.2 Å². The average Bonchev–Trinajstić information content (AvgIpc) is 2.89. The molecule has 4 heteroatoms. The minimum atomic E-state index is 0.198. The summed E-state index contributed by atoms with van der Waals surface area (Å²) < 4.78 is 0. The average molecular weight is 226 g/mol. The molecule has 1 heterocycles. The molecule has 1 fully saturated rings. The maximum absolute atomic E-state index is 9.14. The fourth-order valence-corrected chi connectivity index (χ4v) is 2.36. The van der Waals surface area contributed by atoms with E-state index in [1.54, 1.807) is 11.3 Å². The Morgan fingerprint density at radius 3 is 2.93 bits per heavy atom. The van der Waals surface area contributed by atoms with Crippen molar-refractivity contribution in [1.82, 2.24) is 10.3 Å². The molecule has 3 nitrogen and oxygen atoms in total. The van der Waals surface area contributed by atoms with E-state index in [4.69, 9.17) is 5.11 Å². The maximum Gasteiger partial charge on any atom is 0.0926 e. The molecular weight excluding hydrogens is 208 g/mol. The fraction of sp³-hybridized carbons (Fsp3) is 0.727. The van der Waals surface area contributed by atoms with Crippen LogP contribution in [0.25, 0.3) is 0 Å². The van der Waals surface area contributed by atoms with Gasteiger partial charge < -0.3 is 10.4 Å². The van der Waals surface area contributed by atoms with Gasteiger partial charge in [0.05, 0.1) is 10.7 Å². The van der Waals surface area contributed by atoms with Crippen LogP contribution in [0.3, 0.4) is 0 Å². The summed E-state index contributed by atoms with van der Waals surface area (Å²) in [6.07, 6.45) is 3.34. The Morgan fingerprint density at radius 2 is 2.40 bits per heavy atom. The first-order valence-corrected chi connectivity index (χ1v) is 6.41. The van der Waals surface area contributed by atoms with Crippen molar-refractivity contribution in [2.45, 2.75) is 32.7 Å². The van der Waals surface area contributed by atoms with E-state index in [-0.39, 0.29) is 5.41 Å². The first kappa shape index (κ1) is 11.0. The van der Waals surface area contributed by atoms with Crippen molar-refractivity contribution in [3.05, 3.63) is 16.1 Å². The Morgan fingerprint density at radius 1 is 1.60 bits per heavy atom. The van der Waals surface area contributed by atoms with E-state index >= 15 is 0 Å². The summed E-state index contributed by atoms with van der Waals surface area (Å²) in [6, 6.07) is 0. The standard InChI is InChI=1S/C11H18N2OS/c1-2-10-13-9(6-15-10)5-12-7-11(8-14)3-4-11/h6,12,14H,2-5,7-8H2,1H3. The van der Waals surface area contributed by atoms with Crippen molar-refractivity contribution in [3.63, 3.8) is 0 Å². The van der Waals surface area contributed by atoms with Gasteiger partial charge in [-0.05, 0) is 19.3 Å². The molecule has 0 spiro atoms. The van der Waals surface area contributed by atoms with Crippen LogP contribution in [-0.2, 0) is 13.0 Å². The van der Waals surface area contributed by atoms with E-state index < -0.39 is 0 Å². The van der Waals surface area contributed by atoms with Crippen molar-refractivity contribution in [2.75, 3.05) is 13.2 Å². The van der Waals surface area contributed by atoms with Crippen molar-refractivity contribution >= 4 is 11.3 Å². The van der Waals surface area contributed by atoms with Crippen molar-refractivity contribution in [1.29, 1.82) is 0 Å². The molecule has 0 amide bonds. The van der Waals surface area contributed by atoms with Crippen LogP contribution >= 0.6 is 11.3 Å². The highest BCUT2D eigenvalue weighted by Gasteiger charge is 2.41. The van der Waals surface area contributed by atoms with Gasteiger partial charge in [0.1, 0.15) is 0 Å². The van der Waals surface area contributed by atoms with Gasteiger partial charge in [-0.3, -0.25) is 0 Å². The first-order chi connectivity index (χ1) is 7.28. The number of hydrogen-bond donors (Lipinski definition) is 2. The Bertz CT molecular complexity index is 320. The van der Waals surface area contributed by atoms with Crippen molar-refractivity contribution in [2.24, 2.45) is 5.41 Å². The van der Waals surface area contributed by atoms with E-state index in [0.29, 0.717) is 6.61 Å². The van der Waals surface area contributed by atoms with Gasteiger partial charge in [0.15, 0.2) is 0 Å². The largest absolute Gasteiger partial charge is 0.396 e. The van der Waals surface area contributed by atoms with Gasteiger partial charge in [-0.1, -0.05) is 6.92 Å². The predicted molar refractivity (Wildman–Crippen MR) is 62.0 cm³/mol. The molecule has 1 aliphatic carbocycles. The Balaban J connectivity index is 1.73. The molecule has 0 atom stereocenters. The number of aliphatic hydroxyl groups excluding tert-OH is 1. The molecule has 1 aliphatic rings. The molecule has 0 radical (unpaired) electrons. The zero-order valence-corrected chi connectivity index (χ0v) is 9.94. The molecule has 84 valence electrons. The molecule has 0 bridgehead atoms. The lowest BCUT2D eigenvalue weighted by molar-refractivity contribution is 0.207. The topological polar surface area (TPSA) is 45.2 Å². The predicted octanol–water partition coefficient (Wildman–Crippen LogP) is 1.57. The molecular formula is C11H18N2OS. The number of nitrogens with one attached hydrogen (secondary N) is 1. The van der Waals surface area contributed by atoms with E-state index in [9.17, 15) is 0 Å². The summed E-state index contributed by atoms with van der Waals surface area (Å²) in [5.41, 5.74) is 1.33. The first-order valence-electron chi connectivity index (χ1n) is 5.53. The number of thiazole rings is 1. The van der Waals surface area contributed by atoms with Crippen molar-refractivity contribution < 1.29 is 5.11 Å². The lowest BCUT2D eigenvalue weighted by Crippen LogP contribution is -2.26. The summed E-state index contributed by atoms with van der Waals surface area (Å²) in [5.74, 6) is 0. The van der Waals surface area contributed by atoms with Crippen LogP contribution in [0.15, 0.2) is 5.38 Å². The molecule has 2 rings (SSSR count). The highest BCUT2D eigenvalue weighted by Crippen LogP contribution is 2.44. The second-order valence-electron chi connectivity index (χ2n) is 4.35. The van der Waals surface area contributed by atoms with Crippen LogP contribution in [0.2, 0.25) is 0 Å². The monoisotopic (exact) mass is 226 g/mol. The van der Waals surface area contributed by atoms with Gasteiger partial charge in [0.25, 0.3) is 0 Å². The van der Waals surface area contributed by atoms with Gasteiger partial charge in [-0.2, -0.15) is 0 Å². The van der Waals surface area contributed by atoms with E-state index in [0.717, 1.165) is 38.0 Å². The third kappa shape index (κ3) is 2.77. The van der Waals surface area contributed by atoms with Crippen LogP contribution in [0, 0.1) is 5.41 Å². The second-order valence-corrected chi connectivity index (χ2v) is 5.29. The van der Waals surface area contributed by atoms with Crippen LogP contribution < -0.4 is 5.32 Å². The Kier molecular flexibility index (Phi) is 3.38. The lowest BCUT2D eigenvalue weighted by atomic mass is 10.1. The Labute approximate surface area is 94.5 Å². The summed E-state index contributed by atoms with van der Waals surface area (Å²) >= 11 is 1.73. The van der Waals surface area contributed by atoms with Crippen molar-refractivity contribution in [3.8, 4) is 0 Å². The number of hydrogen-bond acceptors (Lipinski definition) is 4. The minimum Gasteiger partial charge on any atom is -0.396 e. The second kappa shape index (κ2) is 4.60. The molecule has 15 heavy (non-hydrogen) atoms. The summed E-state index contributed by atoms with van der Waals surface area (Å²) in [6.45, 7) is 4.19. The van der Waals surface area contributed by atoms with Crippen LogP contribution in [0.4, 0.5) is 0 Å². The van der Waals surface area contributed by atoms with Gasteiger partial charge in [-0.15, -0.1) is 11.3 Å². The molecule has 1 aromatic heterocycles. The normalized spacial score (nSPS) is 18.0. The smallest absolute Gasteiger partial charge is 0.0926 e. The molecule has 2 N–H and O–H groups in total. The van der Waals surface area contributed by atoms with Gasteiger partial charge in [0.2, 0.25) is 0 Å². The SMILES string of the molecule is CCc1nc(CNCC2(CO)CC2)cs1. The Hall–Kier alpha value is -0.450. The molecule has 1 aromatic rings. The maximum atomic E-state index is 9.14. The lowest BCUT2D eigenvalue weighted by Gasteiger charge is -2.11. The third-order valence-electron chi connectivity index (χ3n) is 3.00. The van der Waals surface area contributed by atoms with E-state index in [1.165, 1.54) is 5.01 Å². The highest BCUT2D eigenvalue weighted by atomic mass is 32.1. The number of aromatic nitrogens is 1. The fourth-order valence-electron chi connectivity index (χ4n) is 1.62. The third-order valence-corrected chi connectivity index (χ3v) is 4.04. The summed E-state index contributed by atoms with van der Waals surface area (Å²) in [7, 11) is 0. The zero-order valence-electron chi connectivity index (χ0n) is 9.12. The van der Waals surface area contributed by atoms with Gasteiger partial charge in [-0.25, -0.2) is 4.98 Å². The molecule has 0 saturated heterocycles. The highest BCUT2D eigenvalue weighted by molar-refractivity contribution is 7.09. The van der Waals surface area contributed by atoms with Gasteiger partial charge in [0, 0.05) is 30.5 Å². The van der Waals surface area contributed by atoms with Gasteiger partial charge >= 0.3 is 0 Å². The quantitative estimate of drug-likeness (QED) is 0.774. The van der Waals surface area contributed by atoms with Crippen LogP contribution in [0.5, 0.6) is 0 Å². The molecule has 0 aliphatic heterocycles. The van der Waals surface area contributed by atoms with Crippen LogP contribution in [0.1, 0.15) is 30.5 Å². The molecule has 0 aromatic carbocycles. The minimum absolute atomic E-state index is 0.198. The number of aliphatic hydroxyl groups is 1. The number of nitrogens with zero attached hydrogens (tertiary/aromatic N) is 1. The van der Waals surface area contributed by atoms with E-state index in [1.807, 2.05) is 0 Å². The molecule has 1 saturated carbocycles. The zero-order chi connectivity index (χ0) is 10.7.